The second-order valence-electron chi connectivity index (χ2n) is 5.15. The second-order valence-corrected chi connectivity index (χ2v) is 5.15. The number of hydrogen-bond acceptors (Lipinski definition) is 1. The van der Waals surface area contributed by atoms with Gasteiger partial charge in [0.25, 0.3) is 0 Å². The largest absolute Gasteiger partial charge is 0.327 e. The van der Waals surface area contributed by atoms with E-state index < -0.39 is 5.67 Å². The molecule has 2 heteroatoms. The van der Waals surface area contributed by atoms with Crippen LogP contribution in [0.4, 0.5) is 4.39 Å². The van der Waals surface area contributed by atoms with Crippen LogP contribution in [-0.4, -0.2) is 6.54 Å². The van der Waals surface area contributed by atoms with Crippen LogP contribution in [0.15, 0.2) is 54.6 Å². The molecule has 0 aliphatic rings. The van der Waals surface area contributed by atoms with Gasteiger partial charge in [-0.2, -0.15) is 0 Å². The van der Waals surface area contributed by atoms with E-state index in [1.165, 1.54) is 5.56 Å². The Balaban J connectivity index is 2.41. The van der Waals surface area contributed by atoms with Crippen LogP contribution in [0.25, 0.3) is 0 Å². The van der Waals surface area contributed by atoms with Gasteiger partial charge in [0, 0.05) is 6.54 Å². The van der Waals surface area contributed by atoms with Crippen molar-refractivity contribution >= 4 is 0 Å². The van der Waals surface area contributed by atoms with Crippen molar-refractivity contribution in [2.45, 2.75) is 25.4 Å². The first-order valence-electron chi connectivity index (χ1n) is 6.63. The van der Waals surface area contributed by atoms with E-state index in [-0.39, 0.29) is 6.54 Å². The highest BCUT2D eigenvalue weighted by molar-refractivity contribution is 5.38. The van der Waals surface area contributed by atoms with E-state index in [4.69, 9.17) is 5.73 Å². The van der Waals surface area contributed by atoms with Gasteiger partial charge in [0.15, 0.2) is 5.67 Å². The molecule has 1 unspecified atom stereocenters. The zero-order valence-corrected chi connectivity index (χ0v) is 11.4. The third kappa shape index (κ3) is 2.69. The first-order valence-corrected chi connectivity index (χ1v) is 6.63. The topological polar surface area (TPSA) is 26.0 Å². The molecule has 2 rings (SSSR count). The van der Waals surface area contributed by atoms with Crippen molar-refractivity contribution in [3.8, 4) is 0 Å². The molecule has 0 saturated carbocycles. The number of hydrogen-bond donors (Lipinski definition) is 1. The summed E-state index contributed by atoms with van der Waals surface area (Å²) >= 11 is 0. The minimum Gasteiger partial charge on any atom is -0.327 e. The lowest BCUT2D eigenvalue weighted by molar-refractivity contribution is 0.232. The Morgan fingerprint density at radius 3 is 1.95 bits per heavy atom. The van der Waals surface area contributed by atoms with Crippen molar-refractivity contribution in [3.63, 3.8) is 0 Å². The molecule has 1 atom stereocenters. The van der Waals surface area contributed by atoms with Crippen molar-refractivity contribution < 1.29 is 4.39 Å². The Morgan fingerprint density at radius 2 is 1.47 bits per heavy atom. The fraction of sp³-hybridized carbons (Fsp3) is 0.294. The minimum atomic E-state index is -1.61. The van der Waals surface area contributed by atoms with Crippen molar-refractivity contribution in [1.29, 1.82) is 0 Å². The van der Waals surface area contributed by atoms with Crippen molar-refractivity contribution in [3.05, 3.63) is 71.3 Å². The fourth-order valence-electron chi connectivity index (χ4n) is 2.24. The summed E-state index contributed by atoms with van der Waals surface area (Å²) in [7, 11) is 0. The molecule has 19 heavy (non-hydrogen) atoms. The van der Waals surface area contributed by atoms with Gasteiger partial charge in [-0.25, -0.2) is 4.39 Å². The van der Waals surface area contributed by atoms with Crippen LogP contribution >= 0.6 is 0 Å². The molecule has 0 aliphatic heterocycles. The predicted molar refractivity (Wildman–Crippen MR) is 77.9 cm³/mol. The summed E-state index contributed by atoms with van der Waals surface area (Å²) in [4.78, 5) is 0. The van der Waals surface area contributed by atoms with Crippen molar-refractivity contribution in [1.82, 2.24) is 0 Å². The molecule has 0 radical (unpaired) electrons. The van der Waals surface area contributed by atoms with Gasteiger partial charge < -0.3 is 5.73 Å². The van der Waals surface area contributed by atoms with E-state index in [0.29, 0.717) is 17.0 Å². The van der Waals surface area contributed by atoms with Gasteiger partial charge in [-0.05, 0) is 22.6 Å². The Bertz CT molecular complexity index is 519. The Kier molecular flexibility index (Phi) is 4.01. The molecule has 0 heterocycles. The first-order chi connectivity index (χ1) is 9.08. The molecule has 0 bridgehead atoms. The lowest BCUT2D eigenvalue weighted by Crippen LogP contribution is -2.31. The molecule has 1 nitrogen and oxygen atoms in total. The van der Waals surface area contributed by atoms with Crippen LogP contribution in [0.3, 0.4) is 0 Å². The second kappa shape index (κ2) is 5.54. The minimum absolute atomic E-state index is 0.0575. The standard InChI is InChI=1S/C17H20FN/c1-13(2)14-8-10-16(11-9-14)17(18,12-19)15-6-4-3-5-7-15/h3-11,13H,12,19H2,1-2H3. The predicted octanol–water partition coefficient (Wildman–Crippen LogP) is 3.98. The van der Waals surface area contributed by atoms with Gasteiger partial charge in [0.2, 0.25) is 0 Å². The summed E-state index contributed by atoms with van der Waals surface area (Å²) in [6.45, 7) is 4.19. The Morgan fingerprint density at radius 1 is 0.947 bits per heavy atom. The average molecular weight is 257 g/mol. The summed E-state index contributed by atoms with van der Waals surface area (Å²) in [5, 5.41) is 0. The maximum atomic E-state index is 15.2. The highest BCUT2D eigenvalue weighted by Gasteiger charge is 2.32. The van der Waals surface area contributed by atoms with Gasteiger partial charge in [-0.3, -0.25) is 0 Å². The molecular weight excluding hydrogens is 237 g/mol. The monoisotopic (exact) mass is 257 g/mol. The smallest absolute Gasteiger partial charge is 0.173 e. The Hall–Kier alpha value is -1.67. The number of rotatable bonds is 4. The van der Waals surface area contributed by atoms with Gasteiger partial charge in [-0.1, -0.05) is 68.4 Å². The van der Waals surface area contributed by atoms with Crippen LogP contribution in [0.1, 0.15) is 36.5 Å². The van der Waals surface area contributed by atoms with Gasteiger partial charge in [0.05, 0.1) is 0 Å². The zero-order chi connectivity index (χ0) is 13.9. The van der Waals surface area contributed by atoms with E-state index in [2.05, 4.69) is 13.8 Å². The van der Waals surface area contributed by atoms with E-state index in [1.54, 1.807) is 12.1 Å². The van der Waals surface area contributed by atoms with Crippen LogP contribution in [0, 0.1) is 0 Å². The van der Waals surface area contributed by atoms with Gasteiger partial charge >= 0.3 is 0 Å². The van der Waals surface area contributed by atoms with E-state index in [0.717, 1.165) is 0 Å². The number of benzene rings is 2. The summed E-state index contributed by atoms with van der Waals surface area (Å²) in [5.74, 6) is 0.442. The molecule has 0 aliphatic carbocycles. The summed E-state index contributed by atoms with van der Waals surface area (Å²) in [6, 6.07) is 16.8. The highest BCUT2D eigenvalue weighted by atomic mass is 19.1. The molecule has 0 saturated heterocycles. The summed E-state index contributed by atoms with van der Waals surface area (Å²) in [6.07, 6.45) is 0. The van der Waals surface area contributed by atoms with E-state index in [9.17, 15) is 0 Å². The van der Waals surface area contributed by atoms with E-state index in [1.807, 2.05) is 42.5 Å². The first kappa shape index (κ1) is 13.8. The zero-order valence-electron chi connectivity index (χ0n) is 11.4. The average Bonchev–Trinajstić information content (AvgIpc) is 2.47. The molecule has 0 aromatic heterocycles. The quantitative estimate of drug-likeness (QED) is 0.880. The number of nitrogens with two attached hydrogens (primary N) is 1. The van der Waals surface area contributed by atoms with Crippen LogP contribution < -0.4 is 5.73 Å². The molecule has 2 N–H and O–H groups in total. The van der Waals surface area contributed by atoms with E-state index >= 15 is 4.39 Å². The molecule has 2 aromatic rings. The molecule has 0 spiro atoms. The lowest BCUT2D eigenvalue weighted by Gasteiger charge is -2.25. The third-order valence-electron chi connectivity index (χ3n) is 3.55. The van der Waals surface area contributed by atoms with Crippen LogP contribution in [0.2, 0.25) is 0 Å². The molecule has 0 fully saturated rings. The maximum Gasteiger partial charge on any atom is 0.173 e. The van der Waals surface area contributed by atoms with Crippen LogP contribution in [0.5, 0.6) is 0 Å². The fourth-order valence-corrected chi connectivity index (χ4v) is 2.24. The van der Waals surface area contributed by atoms with Gasteiger partial charge in [-0.15, -0.1) is 0 Å². The molecular formula is C17H20FN. The molecule has 2 aromatic carbocycles. The molecule has 0 amide bonds. The summed E-state index contributed by atoms with van der Waals surface area (Å²) < 4.78 is 15.2. The van der Waals surface area contributed by atoms with Crippen molar-refractivity contribution in [2.24, 2.45) is 5.73 Å². The maximum absolute atomic E-state index is 15.2. The summed E-state index contributed by atoms with van der Waals surface area (Å²) in [5.41, 5.74) is 6.51. The highest BCUT2D eigenvalue weighted by Crippen LogP contribution is 2.33. The number of alkyl halides is 1. The SMILES string of the molecule is CC(C)c1ccc(C(F)(CN)c2ccccc2)cc1. The Labute approximate surface area is 114 Å². The van der Waals surface area contributed by atoms with Crippen molar-refractivity contribution in [2.75, 3.05) is 6.54 Å². The van der Waals surface area contributed by atoms with Crippen LogP contribution in [-0.2, 0) is 5.67 Å². The molecule has 100 valence electrons. The third-order valence-corrected chi connectivity index (χ3v) is 3.55. The normalized spacial score (nSPS) is 14.4. The van der Waals surface area contributed by atoms with Gasteiger partial charge in [0.1, 0.15) is 0 Å². The lowest BCUT2D eigenvalue weighted by atomic mass is 9.87. The number of halogens is 1.